The van der Waals surface area contributed by atoms with Crippen molar-refractivity contribution in [3.05, 3.63) is 0 Å². The summed E-state index contributed by atoms with van der Waals surface area (Å²) in [6, 6.07) is 0.562. The predicted molar refractivity (Wildman–Crippen MR) is 81.8 cm³/mol. The monoisotopic (exact) mass is 285 g/mol. The Labute approximate surface area is 123 Å². The van der Waals surface area contributed by atoms with Crippen LogP contribution in [0.5, 0.6) is 0 Å². The molecule has 0 radical (unpaired) electrons. The van der Waals surface area contributed by atoms with Crippen LogP contribution in [0.3, 0.4) is 0 Å². The van der Waals surface area contributed by atoms with Gasteiger partial charge in [-0.3, -0.25) is 4.90 Å². The molecule has 1 heterocycles. The van der Waals surface area contributed by atoms with E-state index in [9.17, 15) is 9.90 Å². The Kier molecular flexibility index (Phi) is 8.62. The summed E-state index contributed by atoms with van der Waals surface area (Å²) in [6.07, 6.45) is 6.14. The van der Waals surface area contributed by atoms with E-state index in [1.165, 1.54) is 25.7 Å². The van der Waals surface area contributed by atoms with E-state index in [0.29, 0.717) is 25.6 Å². The second-order valence-electron chi connectivity index (χ2n) is 5.63. The van der Waals surface area contributed by atoms with E-state index in [0.717, 1.165) is 19.5 Å². The summed E-state index contributed by atoms with van der Waals surface area (Å²) in [5, 5.41) is 15.1. The number of aliphatic hydroxyl groups excluding tert-OH is 1. The van der Waals surface area contributed by atoms with E-state index in [1.807, 2.05) is 6.92 Å². The molecule has 20 heavy (non-hydrogen) atoms. The van der Waals surface area contributed by atoms with Gasteiger partial charge in [-0.1, -0.05) is 20.3 Å². The van der Waals surface area contributed by atoms with E-state index in [2.05, 4.69) is 22.5 Å². The molecule has 5 nitrogen and oxygen atoms in total. The third-order valence-electron chi connectivity index (χ3n) is 4.14. The van der Waals surface area contributed by atoms with Crippen molar-refractivity contribution in [3.63, 3.8) is 0 Å². The zero-order chi connectivity index (χ0) is 14.8. The number of nitrogens with zero attached hydrogens (tertiary/aromatic N) is 1. The van der Waals surface area contributed by atoms with Crippen molar-refractivity contribution >= 4 is 6.03 Å². The molecule has 1 aliphatic rings. The first-order chi connectivity index (χ1) is 9.67. The van der Waals surface area contributed by atoms with Crippen molar-refractivity contribution in [2.45, 2.75) is 64.5 Å². The van der Waals surface area contributed by atoms with Gasteiger partial charge in [0.1, 0.15) is 0 Å². The van der Waals surface area contributed by atoms with Crippen molar-refractivity contribution in [3.8, 4) is 0 Å². The number of aliphatic hydroxyl groups is 1. The van der Waals surface area contributed by atoms with Gasteiger partial charge in [-0.25, -0.2) is 4.79 Å². The molecule has 2 amide bonds. The molecule has 2 unspecified atom stereocenters. The molecule has 118 valence electrons. The molecule has 0 aromatic carbocycles. The Balaban J connectivity index is 2.08. The minimum Gasteiger partial charge on any atom is -0.393 e. The van der Waals surface area contributed by atoms with Gasteiger partial charge in [0.05, 0.1) is 6.10 Å². The number of rotatable bonds is 8. The summed E-state index contributed by atoms with van der Waals surface area (Å²) in [7, 11) is 0. The van der Waals surface area contributed by atoms with Crippen LogP contribution in [-0.4, -0.2) is 54.4 Å². The van der Waals surface area contributed by atoms with E-state index >= 15 is 0 Å². The average Bonchev–Trinajstić information content (AvgIpc) is 2.47. The third-order valence-corrected chi connectivity index (χ3v) is 4.14. The highest BCUT2D eigenvalue weighted by atomic mass is 16.3. The van der Waals surface area contributed by atoms with Crippen LogP contribution >= 0.6 is 0 Å². The number of amides is 2. The van der Waals surface area contributed by atoms with Crippen LogP contribution in [0.2, 0.25) is 0 Å². The average molecular weight is 285 g/mol. The standard InChI is InChI=1S/C15H31N3O2/c1-3-13-7-5-6-11-18(13)12-10-17-15(20)16-9-8-14(19)4-2/h13-14,19H,3-12H2,1-2H3,(H2,16,17,20). The summed E-state index contributed by atoms with van der Waals surface area (Å²) < 4.78 is 0. The zero-order valence-corrected chi connectivity index (χ0v) is 13.0. The number of urea groups is 1. The van der Waals surface area contributed by atoms with Gasteiger partial charge in [-0.15, -0.1) is 0 Å². The number of carbonyl (C=O) groups is 1. The van der Waals surface area contributed by atoms with Crippen molar-refractivity contribution in [1.82, 2.24) is 15.5 Å². The summed E-state index contributed by atoms with van der Waals surface area (Å²) in [6.45, 7) is 7.49. The molecule has 1 saturated heterocycles. The molecule has 3 N–H and O–H groups in total. The second kappa shape index (κ2) is 10.00. The van der Waals surface area contributed by atoms with Crippen molar-refractivity contribution < 1.29 is 9.90 Å². The normalized spacial score (nSPS) is 21.4. The summed E-state index contributed by atoms with van der Waals surface area (Å²) in [5.74, 6) is 0. The van der Waals surface area contributed by atoms with Crippen LogP contribution in [0.1, 0.15) is 52.4 Å². The maximum atomic E-state index is 11.6. The lowest BCUT2D eigenvalue weighted by molar-refractivity contribution is 0.145. The number of hydrogen-bond acceptors (Lipinski definition) is 3. The molecule has 0 aromatic heterocycles. The first-order valence-corrected chi connectivity index (χ1v) is 8.11. The Morgan fingerprint density at radius 1 is 1.30 bits per heavy atom. The Bertz CT molecular complexity index is 274. The van der Waals surface area contributed by atoms with Crippen LogP contribution in [0.25, 0.3) is 0 Å². The minimum absolute atomic E-state index is 0.127. The van der Waals surface area contributed by atoms with Crippen LogP contribution in [0.15, 0.2) is 0 Å². The smallest absolute Gasteiger partial charge is 0.314 e. The first-order valence-electron chi connectivity index (χ1n) is 8.11. The van der Waals surface area contributed by atoms with Gasteiger partial charge in [0.15, 0.2) is 0 Å². The highest BCUT2D eigenvalue weighted by molar-refractivity contribution is 5.73. The molecule has 0 aliphatic carbocycles. The molecule has 1 fully saturated rings. The van der Waals surface area contributed by atoms with Gasteiger partial charge >= 0.3 is 6.03 Å². The minimum atomic E-state index is -0.311. The molecule has 5 heteroatoms. The molecule has 0 aromatic rings. The molecular formula is C15H31N3O2. The Hall–Kier alpha value is -0.810. The zero-order valence-electron chi connectivity index (χ0n) is 13.0. The second-order valence-corrected chi connectivity index (χ2v) is 5.63. The number of likely N-dealkylation sites (tertiary alicyclic amines) is 1. The Morgan fingerprint density at radius 3 is 2.75 bits per heavy atom. The fourth-order valence-corrected chi connectivity index (χ4v) is 2.75. The van der Waals surface area contributed by atoms with Crippen LogP contribution in [0.4, 0.5) is 4.79 Å². The highest BCUT2D eigenvalue weighted by Gasteiger charge is 2.19. The SMILES string of the molecule is CCC(O)CCNC(=O)NCCN1CCCCC1CC. The number of carbonyl (C=O) groups excluding carboxylic acids is 1. The van der Waals surface area contributed by atoms with Crippen molar-refractivity contribution in [2.24, 2.45) is 0 Å². The highest BCUT2D eigenvalue weighted by Crippen LogP contribution is 2.18. The lowest BCUT2D eigenvalue weighted by Crippen LogP contribution is -2.45. The predicted octanol–water partition coefficient (Wildman–Crippen LogP) is 1.71. The van der Waals surface area contributed by atoms with Crippen molar-refractivity contribution in [2.75, 3.05) is 26.2 Å². The fraction of sp³-hybridized carbons (Fsp3) is 0.933. The van der Waals surface area contributed by atoms with Gasteiger partial charge in [0, 0.05) is 25.7 Å². The summed E-state index contributed by atoms with van der Waals surface area (Å²) >= 11 is 0. The maximum Gasteiger partial charge on any atom is 0.314 e. The lowest BCUT2D eigenvalue weighted by Gasteiger charge is -2.35. The van der Waals surface area contributed by atoms with E-state index in [1.54, 1.807) is 0 Å². The van der Waals surface area contributed by atoms with Gasteiger partial charge in [-0.2, -0.15) is 0 Å². The molecule has 0 saturated carbocycles. The van der Waals surface area contributed by atoms with Gasteiger partial charge in [0.25, 0.3) is 0 Å². The van der Waals surface area contributed by atoms with E-state index in [-0.39, 0.29) is 12.1 Å². The molecule has 2 atom stereocenters. The summed E-state index contributed by atoms with van der Waals surface area (Å²) in [5.41, 5.74) is 0. The van der Waals surface area contributed by atoms with Crippen LogP contribution < -0.4 is 10.6 Å². The van der Waals surface area contributed by atoms with Crippen LogP contribution in [0, 0.1) is 0 Å². The fourth-order valence-electron chi connectivity index (χ4n) is 2.75. The molecule has 0 bridgehead atoms. The molecular weight excluding hydrogens is 254 g/mol. The largest absolute Gasteiger partial charge is 0.393 e. The number of piperidine rings is 1. The first kappa shape index (κ1) is 17.2. The number of hydrogen-bond donors (Lipinski definition) is 3. The van der Waals surface area contributed by atoms with E-state index in [4.69, 9.17) is 0 Å². The molecule has 1 aliphatic heterocycles. The third kappa shape index (κ3) is 6.57. The maximum absolute atomic E-state index is 11.6. The van der Waals surface area contributed by atoms with E-state index < -0.39 is 0 Å². The van der Waals surface area contributed by atoms with Crippen molar-refractivity contribution in [1.29, 1.82) is 0 Å². The number of nitrogens with one attached hydrogen (secondary N) is 2. The van der Waals surface area contributed by atoms with Gasteiger partial charge in [-0.05, 0) is 38.6 Å². The molecule has 1 rings (SSSR count). The van der Waals surface area contributed by atoms with Gasteiger partial charge < -0.3 is 15.7 Å². The van der Waals surface area contributed by atoms with Gasteiger partial charge in [0.2, 0.25) is 0 Å². The Morgan fingerprint density at radius 2 is 2.05 bits per heavy atom. The lowest BCUT2D eigenvalue weighted by atomic mass is 10.0. The topological polar surface area (TPSA) is 64.6 Å². The quantitative estimate of drug-likeness (QED) is 0.636. The summed E-state index contributed by atoms with van der Waals surface area (Å²) in [4.78, 5) is 14.1. The molecule has 0 spiro atoms. The van der Waals surface area contributed by atoms with Crippen LogP contribution in [-0.2, 0) is 0 Å².